The summed E-state index contributed by atoms with van der Waals surface area (Å²) < 4.78 is 0.852. The molecule has 0 saturated heterocycles. The fourth-order valence-corrected chi connectivity index (χ4v) is 5.45. The van der Waals surface area contributed by atoms with Crippen molar-refractivity contribution in [2.45, 2.75) is 37.3 Å². The molecule has 0 aliphatic heterocycles. The molecule has 0 radical (unpaired) electrons. The lowest BCUT2D eigenvalue weighted by molar-refractivity contribution is 0.0766. The maximum atomic E-state index is 13.5. The van der Waals surface area contributed by atoms with Crippen molar-refractivity contribution in [3.05, 3.63) is 82.3 Å². The Labute approximate surface area is 181 Å². The first-order valence-electron chi connectivity index (χ1n) is 10.2. The van der Waals surface area contributed by atoms with Gasteiger partial charge in [-0.3, -0.25) is 4.79 Å². The Balaban J connectivity index is 1.73. The van der Waals surface area contributed by atoms with Gasteiger partial charge in [0.25, 0.3) is 5.91 Å². The number of carbonyl (C=O) groups excluding carboxylic acids is 1. The van der Waals surface area contributed by atoms with Gasteiger partial charge < -0.3 is 10.2 Å². The molecule has 3 aromatic rings. The molecule has 0 spiro atoms. The summed E-state index contributed by atoms with van der Waals surface area (Å²) in [6.07, 6.45) is 4.55. The summed E-state index contributed by atoms with van der Waals surface area (Å²) in [5.41, 5.74) is 1.77. The molecular formula is C25H27BrN2O. The van der Waals surface area contributed by atoms with Crippen LogP contribution in [0, 0.1) is 0 Å². The molecule has 4 rings (SSSR count). The number of benzene rings is 3. The predicted octanol–water partition coefficient (Wildman–Crippen LogP) is 5.95. The summed E-state index contributed by atoms with van der Waals surface area (Å²) in [4.78, 5) is 15.8. The quantitative estimate of drug-likeness (QED) is 0.520. The molecule has 1 amide bonds. The van der Waals surface area contributed by atoms with E-state index in [1.165, 1.54) is 12.8 Å². The Morgan fingerprint density at radius 2 is 1.62 bits per heavy atom. The third-order valence-corrected chi connectivity index (χ3v) is 7.27. The van der Waals surface area contributed by atoms with Crippen molar-refractivity contribution in [3.63, 3.8) is 0 Å². The number of fused-ring (bicyclic) bond motifs is 1. The number of likely N-dealkylation sites (N-methyl/N-ethyl adjacent to an activating group) is 1. The van der Waals surface area contributed by atoms with Gasteiger partial charge in [0, 0.05) is 10.0 Å². The number of carbonyl (C=O) groups is 1. The molecule has 29 heavy (non-hydrogen) atoms. The molecule has 1 aliphatic rings. The smallest absolute Gasteiger partial charge is 0.252 e. The Bertz CT molecular complexity index is 1010. The summed E-state index contributed by atoms with van der Waals surface area (Å²) in [7, 11) is 4.28. The molecule has 1 atom stereocenters. The normalized spacial score (nSPS) is 16.8. The van der Waals surface area contributed by atoms with Crippen LogP contribution in [0.5, 0.6) is 0 Å². The number of halogens is 1. The minimum atomic E-state index is -0.0691. The van der Waals surface area contributed by atoms with Gasteiger partial charge in [0.05, 0.1) is 11.6 Å². The van der Waals surface area contributed by atoms with Crippen molar-refractivity contribution in [3.8, 4) is 0 Å². The molecular weight excluding hydrogens is 424 g/mol. The van der Waals surface area contributed by atoms with Gasteiger partial charge in [0.15, 0.2) is 0 Å². The van der Waals surface area contributed by atoms with E-state index in [9.17, 15) is 4.79 Å². The van der Waals surface area contributed by atoms with Gasteiger partial charge in [-0.15, -0.1) is 0 Å². The van der Waals surface area contributed by atoms with Gasteiger partial charge >= 0.3 is 0 Å². The highest BCUT2D eigenvalue weighted by molar-refractivity contribution is 9.10. The minimum Gasteiger partial charge on any atom is -0.343 e. The standard InChI is InChI=1S/C25H27BrN2O/c1-28(2)25(16-8-9-17-25)23(19-11-4-3-5-12-19)27-24(29)21-15-14-18-10-6-7-13-20(18)22(21)26/h3-7,10-15,23H,8-9,16-17H2,1-2H3,(H,27,29). The van der Waals surface area contributed by atoms with Crippen LogP contribution >= 0.6 is 15.9 Å². The van der Waals surface area contributed by atoms with Crippen LogP contribution in [-0.2, 0) is 0 Å². The van der Waals surface area contributed by atoms with Gasteiger partial charge in [-0.05, 0) is 65.3 Å². The first-order chi connectivity index (χ1) is 14.0. The molecule has 1 unspecified atom stereocenters. The molecule has 1 aliphatic carbocycles. The topological polar surface area (TPSA) is 32.3 Å². The second-order valence-corrected chi connectivity index (χ2v) is 8.96. The van der Waals surface area contributed by atoms with Gasteiger partial charge in [0.2, 0.25) is 0 Å². The van der Waals surface area contributed by atoms with Crippen molar-refractivity contribution in [2.24, 2.45) is 0 Å². The monoisotopic (exact) mass is 450 g/mol. The average Bonchev–Trinajstić information content (AvgIpc) is 3.24. The predicted molar refractivity (Wildman–Crippen MR) is 123 cm³/mol. The molecule has 0 bridgehead atoms. The molecule has 0 heterocycles. The molecule has 1 N–H and O–H groups in total. The number of hydrogen-bond donors (Lipinski definition) is 1. The number of nitrogens with one attached hydrogen (secondary N) is 1. The van der Waals surface area contributed by atoms with Crippen LogP contribution in [0.2, 0.25) is 0 Å². The minimum absolute atomic E-state index is 0.0374. The number of amides is 1. The third kappa shape index (κ3) is 3.72. The van der Waals surface area contributed by atoms with Crippen molar-refractivity contribution in [1.29, 1.82) is 0 Å². The van der Waals surface area contributed by atoms with E-state index in [4.69, 9.17) is 0 Å². The number of rotatable bonds is 5. The molecule has 3 aromatic carbocycles. The Morgan fingerprint density at radius 1 is 0.966 bits per heavy atom. The van der Waals surface area contributed by atoms with Crippen LogP contribution in [0.4, 0.5) is 0 Å². The summed E-state index contributed by atoms with van der Waals surface area (Å²) >= 11 is 3.68. The number of hydrogen-bond acceptors (Lipinski definition) is 2. The van der Waals surface area contributed by atoms with Gasteiger partial charge in [-0.1, -0.05) is 73.5 Å². The van der Waals surface area contributed by atoms with Gasteiger partial charge in [-0.25, -0.2) is 0 Å². The van der Waals surface area contributed by atoms with Crippen LogP contribution in [0.3, 0.4) is 0 Å². The summed E-state index contributed by atoms with van der Waals surface area (Å²) in [6, 6.07) is 22.4. The van der Waals surface area contributed by atoms with E-state index in [0.717, 1.165) is 33.7 Å². The fraction of sp³-hybridized carbons (Fsp3) is 0.320. The van der Waals surface area contributed by atoms with Crippen LogP contribution < -0.4 is 5.32 Å². The van der Waals surface area contributed by atoms with Crippen LogP contribution in [0.1, 0.15) is 47.6 Å². The molecule has 1 saturated carbocycles. The summed E-state index contributed by atoms with van der Waals surface area (Å²) in [5.74, 6) is -0.0374. The second-order valence-electron chi connectivity index (χ2n) is 8.17. The Kier molecular flexibility index (Phi) is 5.75. The lowest BCUT2D eigenvalue weighted by atomic mass is 9.82. The van der Waals surface area contributed by atoms with E-state index in [1.54, 1.807) is 0 Å². The average molecular weight is 451 g/mol. The lowest BCUT2D eigenvalue weighted by Gasteiger charge is -2.44. The van der Waals surface area contributed by atoms with Crippen LogP contribution in [-0.4, -0.2) is 30.4 Å². The highest BCUT2D eigenvalue weighted by Gasteiger charge is 2.44. The zero-order valence-corrected chi connectivity index (χ0v) is 18.6. The van der Waals surface area contributed by atoms with Crippen molar-refractivity contribution < 1.29 is 4.79 Å². The van der Waals surface area contributed by atoms with Crippen molar-refractivity contribution in [1.82, 2.24) is 10.2 Å². The first-order valence-corrected chi connectivity index (χ1v) is 11.0. The number of nitrogens with zero attached hydrogens (tertiary/aromatic N) is 1. The van der Waals surface area contributed by atoms with Crippen LogP contribution in [0.25, 0.3) is 10.8 Å². The van der Waals surface area contributed by atoms with E-state index in [1.807, 2.05) is 36.4 Å². The second kappa shape index (κ2) is 8.29. The van der Waals surface area contributed by atoms with E-state index in [-0.39, 0.29) is 17.5 Å². The van der Waals surface area contributed by atoms with Crippen molar-refractivity contribution in [2.75, 3.05) is 14.1 Å². The zero-order valence-electron chi connectivity index (χ0n) is 17.0. The van der Waals surface area contributed by atoms with E-state index in [2.05, 4.69) is 70.6 Å². The molecule has 1 fully saturated rings. The van der Waals surface area contributed by atoms with Crippen molar-refractivity contribution >= 4 is 32.6 Å². The van der Waals surface area contributed by atoms with Crippen LogP contribution in [0.15, 0.2) is 71.2 Å². The molecule has 0 aromatic heterocycles. The Hall–Kier alpha value is -2.17. The molecule has 3 nitrogen and oxygen atoms in total. The lowest BCUT2D eigenvalue weighted by Crippen LogP contribution is -2.53. The Morgan fingerprint density at radius 3 is 2.31 bits per heavy atom. The summed E-state index contributed by atoms with van der Waals surface area (Å²) in [5, 5.41) is 5.59. The highest BCUT2D eigenvalue weighted by Crippen LogP contribution is 2.43. The van der Waals surface area contributed by atoms with Gasteiger partial charge in [-0.2, -0.15) is 0 Å². The largest absolute Gasteiger partial charge is 0.343 e. The van der Waals surface area contributed by atoms with Gasteiger partial charge in [0.1, 0.15) is 0 Å². The maximum Gasteiger partial charge on any atom is 0.252 e. The van der Waals surface area contributed by atoms with E-state index >= 15 is 0 Å². The van der Waals surface area contributed by atoms with E-state index < -0.39 is 0 Å². The van der Waals surface area contributed by atoms with E-state index in [0.29, 0.717) is 5.56 Å². The maximum absolute atomic E-state index is 13.5. The third-order valence-electron chi connectivity index (χ3n) is 6.41. The summed E-state index contributed by atoms with van der Waals surface area (Å²) in [6.45, 7) is 0. The fourth-order valence-electron chi connectivity index (χ4n) is 4.77. The highest BCUT2D eigenvalue weighted by atomic mass is 79.9. The zero-order chi connectivity index (χ0) is 20.4. The first kappa shape index (κ1) is 20.1. The molecule has 150 valence electrons. The SMILES string of the molecule is CN(C)C1(C(NC(=O)c2ccc3ccccc3c2Br)c2ccccc2)CCCC1. The molecule has 4 heteroatoms.